The lowest BCUT2D eigenvalue weighted by Gasteiger charge is -2.21. The van der Waals surface area contributed by atoms with Gasteiger partial charge in [-0.1, -0.05) is 74.5 Å². The number of ether oxygens (including phenoxy) is 1. The topological polar surface area (TPSA) is 67.4 Å². The van der Waals surface area contributed by atoms with Gasteiger partial charge in [-0.2, -0.15) is 0 Å². The summed E-state index contributed by atoms with van der Waals surface area (Å²) in [7, 11) is 0. The van der Waals surface area contributed by atoms with Gasteiger partial charge in [0.25, 0.3) is 0 Å². The van der Waals surface area contributed by atoms with Crippen LogP contribution in [0.4, 0.5) is 9.18 Å². The van der Waals surface area contributed by atoms with Crippen LogP contribution < -0.4 is 10.6 Å². The van der Waals surface area contributed by atoms with Crippen LogP contribution in [0.1, 0.15) is 42.9 Å². The summed E-state index contributed by atoms with van der Waals surface area (Å²) in [6.45, 7) is 4.41. The van der Waals surface area contributed by atoms with Crippen molar-refractivity contribution in [1.82, 2.24) is 10.6 Å². The van der Waals surface area contributed by atoms with E-state index in [9.17, 15) is 14.0 Å². The summed E-state index contributed by atoms with van der Waals surface area (Å²) < 4.78 is 18.7. The molecular formula is C28H29FN2O3. The molecule has 2 N–H and O–H groups in total. The van der Waals surface area contributed by atoms with Gasteiger partial charge in [-0.3, -0.25) is 4.79 Å². The van der Waals surface area contributed by atoms with E-state index in [1.807, 2.05) is 38.1 Å². The van der Waals surface area contributed by atoms with Gasteiger partial charge in [-0.25, -0.2) is 9.18 Å². The number of rotatable bonds is 8. The number of benzene rings is 3. The van der Waals surface area contributed by atoms with Crippen LogP contribution in [-0.4, -0.2) is 24.6 Å². The molecule has 0 heterocycles. The molecule has 0 fully saturated rings. The van der Waals surface area contributed by atoms with E-state index in [2.05, 4.69) is 34.9 Å². The van der Waals surface area contributed by atoms with Crippen molar-refractivity contribution in [1.29, 1.82) is 0 Å². The SMILES string of the molecule is CC(C)CC(NC(=O)OCC1c2ccccc2-c2ccccc21)C(=O)NCc1ccc(F)cc1. The fraction of sp³-hybridized carbons (Fsp3) is 0.286. The Bertz CT molecular complexity index is 1110. The van der Waals surface area contributed by atoms with Crippen molar-refractivity contribution in [2.75, 3.05) is 6.61 Å². The molecule has 3 aromatic rings. The Hall–Kier alpha value is -3.67. The van der Waals surface area contributed by atoms with Crippen molar-refractivity contribution < 1.29 is 18.7 Å². The predicted molar refractivity (Wildman–Crippen MR) is 130 cm³/mol. The Morgan fingerprint density at radius 2 is 1.50 bits per heavy atom. The molecule has 1 atom stereocenters. The number of carbonyl (C=O) groups is 2. The van der Waals surface area contributed by atoms with Gasteiger partial charge in [0.15, 0.2) is 0 Å². The molecule has 0 aromatic heterocycles. The number of hydrogen-bond acceptors (Lipinski definition) is 3. The Morgan fingerprint density at radius 1 is 0.912 bits per heavy atom. The predicted octanol–water partition coefficient (Wildman–Crippen LogP) is 5.40. The lowest BCUT2D eigenvalue weighted by molar-refractivity contribution is -0.123. The van der Waals surface area contributed by atoms with E-state index in [1.165, 1.54) is 12.1 Å². The maximum atomic E-state index is 13.1. The first kappa shape index (κ1) is 23.5. The molecule has 34 heavy (non-hydrogen) atoms. The Balaban J connectivity index is 1.37. The number of hydrogen-bond donors (Lipinski definition) is 2. The van der Waals surface area contributed by atoms with Gasteiger partial charge in [0.05, 0.1) is 0 Å². The lowest BCUT2D eigenvalue weighted by Crippen LogP contribution is -2.47. The number of amides is 2. The zero-order valence-electron chi connectivity index (χ0n) is 19.4. The fourth-order valence-corrected chi connectivity index (χ4v) is 4.40. The molecule has 176 valence electrons. The molecule has 4 rings (SSSR count). The smallest absolute Gasteiger partial charge is 0.407 e. The number of alkyl carbamates (subject to hydrolysis) is 1. The Morgan fingerprint density at radius 3 is 2.09 bits per heavy atom. The molecule has 1 aliphatic rings. The van der Waals surface area contributed by atoms with Crippen LogP contribution in [0.5, 0.6) is 0 Å². The van der Waals surface area contributed by atoms with Gasteiger partial charge >= 0.3 is 6.09 Å². The highest BCUT2D eigenvalue weighted by atomic mass is 19.1. The van der Waals surface area contributed by atoms with E-state index in [1.54, 1.807) is 12.1 Å². The largest absolute Gasteiger partial charge is 0.449 e. The quantitative estimate of drug-likeness (QED) is 0.473. The van der Waals surface area contributed by atoms with E-state index in [4.69, 9.17) is 4.74 Å². The summed E-state index contributed by atoms with van der Waals surface area (Å²) >= 11 is 0. The lowest BCUT2D eigenvalue weighted by atomic mass is 9.98. The highest BCUT2D eigenvalue weighted by Gasteiger charge is 2.30. The van der Waals surface area contributed by atoms with Crippen LogP contribution >= 0.6 is 0 Å². The van der Waals surface area contributed by atoms with Crippen LogP contribution in [0.3, 0.4) is 0 Å². The molecule has 0 aliphatic heterocycles. The van der Waals surface area contributed by atoms with Crippen molar-refractivity contribution in [2.45, 2.75) is 38.8 Å². The third-order valence-corrected chi connectivity index (χ3v) is 6.04. The zero-order valence-corrected chi connectivity index (χ0v) is 19.4. The van der Waals surface area contributed by atoms with Crippen LogP contribution in [0.2, 0.25) is 0 Å². The maximum Gasteiger partial charge on any atom is 0.407 e. The fourth-order valence-electron chi connectivity index (χ4n) is 4.40. The van der Waals surface area contributed by atoms with Gasteiger partial charge in [-0.15, -0.1) is 0 Å². The number of halogens is 1. The third kappa shape index (κ3) is 5.45. The average Bonchev–Trinajstić information content (AvgIpc) is 3.15. The number of carbonyl (C=O) groups excluding carboxylic acids is 2. The zero-order chi connectivity index (χ0) is 24.1. The summed E-state index contributed by atoms with van der Waals surface area (Å²) in [4.78, 5) is 25.5. The van der Waals surface area contributed by atoms with E-state index in [0.717, 1.165) is 27.8 Å². The van der Waals surface area contributed by atoms with Crippen LogP contribution in [-0.2, 0) is 16.1 Å². The Labute approximate surface area is 199 Å². The maximum absolute atomic E-state index is 13.1. The summed E-state index contributed by atoms with van der Waals surface area (Å²) in [6, 6.07) is 21.5. The molecule has 0 bridgehead atoms. The average molecular weight is 461 g/mol. The minimum atomic E-state index is -0.726. The molecule has 2 amide bonds. The van der Waals surface area contributed by atoms with Gasteiger partial charge in [-0.05, 0) is 52.3 Å². The van der Waals surface area contributed by atoms with Gasteiger partial charge in [0.1, 0.15) is 18.5 Å². The minimum absolute atomic E-state index is 0.0472. The highest BCUT2D eigenvalue weighted by molar-refractivity contribution is 5.85. The van der Waals surface area contributed by atoms with Crippen molar-refractivity contribution in [3.63, 3.8) is 0 Å². The van der Waals surface area contributed by atoms with Crippen LogP contribution in [0.25, 0.3) is 11.1 Å². The molecule has 5 nitrogen and oxygen atoms in total. The molecule has 6 heteroatoms. The van der Waals surface area contributed by atoms with Gasteiger partial charge in [0.2, 0.25) is 5.91 Å². The molecule has 0 saturated carbocycles. The first-order chi connectivity index (χ1) is 16.4. The highest BCUT2D eigenvalue weighted by Crippen LogP contribution is 2.44. The van der Waals surface area contributed by atoms with E-state index in [-0.39, 0.29) is 36.7 Å². The van der Waals surface area contributed by atoms with E-state index >= 15 is 0 Å². The molecule has 0 spiro atoms. The van der Waals surface area contributed by atoms with Gasteiger partial charge in [0, 0.05) is 12.5 Å². The summed E-state index contributed by atoms with van der Waals surface area (Å²) in [6.07, 6.45) is -0.149. The molecule has 0 saturated heterocycles. The summed E-state index contributed by atoms with van der Waals surface area (Å²) in [5, 5.41) is 5.55. The van der Waals surface area contributed by atoms with E-state index < -0.39 is 12.1 Å². The molecule has 0 radical (unpaired) electrons. The molecular weight excluding hydrogens is 431 g/mol. The minimum Gasteiger partial charge on any atom is -0.449 e. The van der Waals surface area contributed by atoms with Crippen LogP contribution in [0.15, 0.2) is 72.8 Å². The standard InChI is InChI=1S/C28H29FN2O3/c1-18(2)15-26(27(32)30-16-19-11-13-20(29)14-12-19)31-28(33)34-17-25-23-9-5-3-7-21(23)22-8-4-6-10-24(22)25/h3-14,18,25-26H,15-17H2,1-2H3,(H,30,32)(H,31,33). The van der Waals surface area contributed by atoms with Crippen molar-refractivity contribution >= 4 is 12.0 Å². The molecule has 1 unspecified atom stereocenters. The summed E-state index contributed by atoms with van der Waals surface area (Å²) in [5.74, 6) is -0.485. The number of nitrogens with one attached hydrogen (secondary N) is 2. The Kier molecular flexibility index (Phi) is 7.26. The molecule has 3 aromatic carbocycles. The third-order valence-electron chi connectivity index (χ3n) is 6.04. The monoisotopic (exact) mass is 460 g/mol. The van der Waals surface area contributed by atoms with Crippen molar-refractivity contribution in [2.24, 2.45) is 5.92 Å². The second-order valence-electron chi connectivity index (χ2n) is 9.00. The second kappa shape index (κ2) is 10.5. The second-order valence-corrected chi connectivity index (χ2v) is 9.00. The molecule has 1 aliphatic carbocycles. The van der Waals surface area contributed by atoms with Crippen molar-refractivity contribution in [3.05, 3.63) is 95.3 Å². The van der Waals surface area contributed by atoms with E-state index in [0.29, 0.717) is 6.42 Å². The van der Waals surface area contributed by atoms with Crippen molar-refractivity contribution in [3.8, 4) is 11.1 Å². The normalized spacial score (nSPS) is 13.2. The van der Waals surface area contributed by atoms with Crippen LogP contribution in [0, 0.1) is 11.7 Å². The summed E-state index contributed by atoms with van der Waals surface area (Å²) in [5.41, 5.74) is 5.36. The van der Waals surface area contributed by atoms with Gasteiger partial charge < -0.3 is 15.4 Å². The first-order valence-electron chi connectivity index (χ1n) is 11.6. The number of fused-ring (bicyclic) bond motifs is 3. The first-order valence-corrected chi connectivity index (χ1v) is 11.6.